The lowest BCUT2D eigenvalue weighted by molar-refractivity contribution is -0.274. The van der Waals surface area contributed by atoms with Gasteiger partial charge in [0, 0.05) is 23.4 Å². The molecule has 0 radical (unpaired) electrons. The second kappa shape index (κ2) is 9.96. The van der Waals surface area contributed by atoms with E-state index >= 15 is 0 Å². The average molecular weight is 505 g/mol. The van der Waals surface area contributed by atoms with E-state index in [4.69, 9.17) is 11.6 Å². The molecule has 0 unspecified atom stereocenters. The number of rotatable bonds is 7. The van der Waals surface area contributed by atoms with Crippen LogP contribution < -0.4 is 15.4 Å². The number of halogens is 7. The minimum absolute atomic E-state index is 0.0460. The molecule has 1 heterocycles. The standard InChI is InChI=1S/C22H19ClF6N4O/c1-3-12(2)30-20-32-18(13-5-4-6-15(9-13)34-22(27,28)29)11-19(33-20)31-14-7-8-17(23)16(10-14)21(24,25)26/h4-12H,3H2,1-2H3,(H2,30,31,32,33)/t12-/m0/s1. The largest absolute Gasteiger partial charge is 0.573 e. The normalized spacial score (nSPS) is 12.9. The third-order valence-electron chi connectivity index (χ3n) is 4.62. The third kappa shape index (κ3) is 6.89. The minimum atomic E-state index is -4.87. The molecule has 0 aliphatic heterocycles. The Morgan fingerprint density at radius 3 is 2.38 bits per heavy atom. The number of hydrogen-bond acceptors (Lipinski definition) is 5. The first-order valence-corrected chi connectivity index (χ1v) is 10.4. The van der Waals surface area contributed by atoms with Crippen LogP contribution in [0.5, 0.6) is 5.75 Å². The Morgan fingerprint density at radius 1 is 1.00 bits per heavy atom. The lowest BCUT2D eigenvalue weighted by Gasteiger charge is -2.16. The van der Waals surface area contributed by atoms with Crippen molar-refractivity contribution in [3.05, 3.63) is 59.1 Å². The van der Waals surface area contributed by atoms with Crippen molar-refractivity contribution >= 4 is 29.1 Å². The number of ether oxygens (including phenoxy) is 1. The zero-order valence-corrected chi connectivity index (χ0v) is 18.6. The summed E-state index contributed by atoms with van der Waals surface area (Å²) in [6.07, 6.45) is -8.81. The summed E-state index contributed by atoms with van der Waals surface area (Å²) in [6.45, 7) is 3.79. The van der Waals surface area contributed by atoms with Crippen molar-refractivity contribution < 1.29 is 31.1 Å². The highest BCUT2D eigenvalue weighted by molar-refractivity contribution is 6.31. The molecule has 0 aliphatic carbocycles. The van der Waals surface area contributed by atoms with Crippen LogP contribution in [0, 0.1) is 0 Å². The summed E-state index contributed by atoms with van der Waals surface area (Å²) >= 11 is 5.67. The molecule has 0 spiro atoms. The Labute approximate surface area is 196 Å². The Morgan fingerprint density at radius 2 is 1.74 bits per heavy atom. The fourth-order valence-corrected chi connectivity index (χ4v) is 3.09. The van der Waals surface area contributed by atoms with Crippen LogP contribution in [0.25, 0.3) is 11.3 Å². The predicted molar refractivity (Wildman–Crippen MR) is 117 cm³/mol. The second-order valence-electron chi connectivity index (χ2n) is 7.31. The number of alkyl halides is 6. The van der Waals surface area contributed by atoms with E-state index < -0.39 is 28.9 Å². The SMILES string of the molecule is CC[C@H](C)Nc1nc(Nc2ccc(Cl)c(C(F)(F)F)c2)cc(-c2cccc(OC(F)(F)F)c2)n1. The van der Waals surface area contributed by atoms with Gasteiger partial charge in [0.15, 0.2) is 0 Å². The van der Waals surface area contributed by atoms with Crippen molar-refractivity contribution in [1.29, 1.82) is 0 Å². The van der Waals surface area contributed by atoms with E-state index in [9.17, 15) is 26.3 Å². The van der Waals surface area contributed by atoms with E-state index in [1.165, 1.54) is 24.3 Å². The second-order valence-corrected chi connectivity index (χ2v) is 7.72. The number of benzene rings is 2. The molecule has 2 aromatic carbocycles. The van der Waals surface area contributed by atoms with Crippen LogP contribution in [-0.2, 0) is 6.18 Å². The monoisotopic (exact) mass is 504 g/mol. The van der Waals surface area contributed by atoms with Gasteiger partial charge in [-0.3, -0.25) is 0 Å². The first kappa shape index (κ1) is 25.4. The summed E-state index contributed by atoms with van der Waals surface area (Å²) in [5, 5.41) is 5.37. The first-order chi connectivity index (χ1) is 15.8. The molecular formula is C22H19ClF6N4O. The van der Waals surface area contributed by atoms with Crippen molar-refractivity contribution in [2.75, 3.05) is 10.6 Å². The molecular weight excluding hydrogens is 486 g/mol. The molecule has 182 valence electrons. The van der Waals surface area contributed by atoms with Crippen molar-refractivity contribution in [2.24, 2.45) is 0 Å². The quantitative estimate of drug-likeness (QED) is 0.323. The van der Waals surface area contributed by atoms with Crippen LogP contribution in [0.15, 0.2) is 48.5 Å². The molecule has 2 N–H and O–H groups in total. The van der Waals surface area contributed by atoms with Gasteiger partial charge in [-0.1, -0.05) is 30.7 Å². The summed E-state index contributed by atoms with van der Waals surface area (Å²) in [7, 11) is 0. The van der Waals surface area contributed by atoms with Gasteiger partial charge in [-0.15, -0.1) is 13.2 Å². The molecule has 12 heteroatoms. The summed E-state index contributed by atoms with van der Waals surface area (Å²) in [6, 6.07) is 9.81. The van der Waals surface area contributed by atoms with Crippen molar-refractivity contribution in [1.82, 2.24) is 9.97 Å². The smallest absolute Gasteiger partial charge is 0.406 e. The van der Waals surface area contributed by atoms with E-state index in [-0.39, 0.29) is 34.8 Å². The van der Waals surface area contributed by atoms with Crippen LogP contribution in [0.3, 0.4) is 0 Å². The highest BCUT2D eigenvalue weighted by atomic mass is 35.5. The molecule has 0 fully saturated rings. The van der Waals surface area contributed by atoms with Crippen LogP contribution in [0.1, 0.15) is 25.8 Å². The molecule has 0 saturated heterocycles. The number of anilines is 3. The van der Waals surface area contributed by atoms with Gasteiger partial charge in [-0.2, -0.15) is 18.2 Å². The fraction of sp³-hybridized carbons (Fsp3) is 0.273. The van der Waals surface area contributed by atoms with Crippen LogP contribution in [-0.4, -0.2) is 22.4 Å². The topological polar surface area (TPSA) is 59.1 Å². The van der Waals surface area contributed by atoms with E-state index in [2.05, 4.69) is 25.3 Å². The zero-order valence-electron chi connectivity index (χ0n) is 17.9. The van der Waals surface area contributed by atoms with Gasteiger partial charge in [-0.05, 0) is 43.7 Å². The van der Waals surface area contributed by atoms with E-state index in [0.717, 1.165) is 30.7 Å². The zero-order chi connectivity index (χ0) is 25.1. The summed E-state index contributed by atoms with van der Waals surface area (Å²) in [5.74, 6) is -0.183. The van der Waals surface area contributed by atoms with Gasteiger partial charge in [0.05, 0.1) is 16.3 Å². The van der Waals surface area contributed by atoms with Gasteiger partial charge in [-0.25, -0.2) is 4.98 Å². The molecule has 1 aromatic heterocycles. The molecule has 0 aliphatic rings. The van der Waals surface area contributed by atoms with Crippen LogP contribution in [0.4, 0.5) is 43.8 Å². The molecule has 3 rings (SSSR count). The lowest BCUT2D eigenvalue weighted by atomic mass is 10.1. The summed E-state index contributed by atoms with van der Waals surface area (Å²) < 4.78 is 81.5. The van der Waals surface area contributed by atoms with E-state index in [1.54, 1.807) is 0 Å². The predicted octanol–water partition coefficient (Wildman–Crippen LogP) is 7.67. The molecule has 34 heavy (non-hydrogen) atoms. The van der Waals surface area contributed by atoms with Crippen molar-refractivity contribution in [2.45, 2.75) is 38.8 Å². The van der Waals surface area contributed by atoms with Gasteiger partial charge in [0.25, 0.3) is 0 Å². The number of nitrogens with one attached hydrogen (secondary N) is 2. The molecule has 0 bridgehead atoms. The van der Waals surface area contributed by atoms with Crippen LogP contribution in [0.2, 0.25) is 5.02 Å². The molecule has 0 amide bonds. The molecule has 1 atom stereocenters. The van der Waals surface area contributed by atoms with Crippen LogP contribution >= 0.6 is 11.6 Å². The maximum atomic E-state index is 13.2. The van der Waals surface area contributed by atoms with Gasteiger partial charge in [0.1, 0.15) is 11.6 Å². The van der Waals surface area contributed by atoms with Crippen molar-refractivity contribution in [3.63, 3.8) is 0 Å². The summed E-state index contributed by atoms with van der Waals surface area (Å²) in [4.78, 5) is 8.62. The number of hydrogen-bond donors (Lipinski definition) is 2. The minimum Gasteiger partial charge on any atom is -0.406 e. The summed E-state index contributed by atoms with van der Waals surface area (Å²) in [5.41, 5.74) is -0.458. The van der Waals surface area contributed by atoms with E-state index in [0.29, 0.717) is 0 Å². The highest BCUT2D eigenvalue weighted by Crippen LogP contribution is 2.37. The van der Waals surface area contributed by atoms with Crippen molar-refractivity contribution in [3.8, 4) is 17.0 Å². The maximum absolute atomic E-state index is 13.2. The number of aromatic nitrogens is 2. The molecule has 0 saturated carbocycles. The Hall–Kier alpha value is -3.21. The molecule has 3 aromatic rings. The Kier molecular flexibility index (Phi) is 7.44. The van der Waals surface area contributed by atoms with Gasteiger partial charge in [0.2, 0.25) is 5.95 Å². The molecule has 5 nitrogen and oxygen atoms in total. The average Bonchev–Trinajstić information content (AvgIpc) is 2.73. The lowest BCUT2D eigenvalue weighted by Crippen LogP contribution is -2.17. The third-order valence-corrected chi connectivity index (χ3v) is 4.95. The van der Waals surface area contributed by atoms with Gasteiger partial charge < -0.3 is 15.4 Å². The van der Waals surface area contributed by atoms with Gasteiger partial charge >= 0.3 is 12.5 Å². The number of nitrogens with zero attached hydrogens (tertiary/aromatic N) is 2. The Bertz CT molecular complexity index is 1150. The Balaban J connectivity index is 2.01. The van der Waals surface area contributed by atoms with E-state index in [1.807, 2.05) is 13.8 Å². The highest BCUT2D eigenvalue weighted by Gasteiger charge is 2.33. The maximum Gasteiger partial charge on any atom is 0.573 e. The fourth-order valence-electron chi connectivity index (χ4n) is 2.87. The first-order valence-electron chi connectivity index (χ1n) is 9.99.